The molecule has 0 bridgehead atoms. The van der Waals surface area contributed by atoms with E-state index in [2.05, 4.69) is 15.3 Å². The van der Waals surface area contributed by atoms with Gasteiger partial charge in [-0.05, 0) is 25.7 Å². The molecule has 2 rings (SSSR count). The van der Waals surface area contributed by atoms with Crippen molar-refractivity contribution >= 4 is 17.4 Å². The van der Waals surface area contributed by atoms with E-state index < -0.39 is 12.6 Å². The fraction of sp³-hybridized carbons (Fsp3) is 0.667. The van der Waals surface area contributed by atoms with Crippen LogP contribution in [0.3, 0.4) is 0 Å². The van der Waals surface area contributed by atoms with Gasteiger partial charge in [0.05, 0.1) is 0 Å². The minimum atomic E-state index is -4.07. The summed E-state index contributed by atoms with van der Waals surface area (Å²) in [7, 11) is 0. The Labute approximate surface area is 114 Å². The van der Waals surface area contributed by atoms with Gasteiger partial charge < -0.3 is 5.32 Å². The quantitative estimate of drug-likeness (QED) is 0.632. The maximum Gasteiger partial charge on any atom is 0.389 e. The smallest absolute Gasteiger partial charge is 0.370 e. The number of rotatable bonds is 6. The van der Waals surface area contributed by atoms with Crippen molar-refractivity contribution in [2.45, 2.75) is 44.2 Å². The maximum atomic E-state index is 11.9. The molecule has 0 spiro atoms. The fourth-order valence-corrected chi connectivity index (χ4v) is 1.91. The zero-order valence-corrected chi connectivity index (χ0v) is 11.1. The first-order valence-electron chi connectivity index (χ1n) is 6.29. The van der Waals surface area contributed by atoms with E-state index in [1.165, 1.54) is 0 Å². The van der Waals surface area contributed by atoms with Crippen LogP contribution in [-0.4, -0.2) is 22.7 Å². The summed E-state index contributed by atoms with van der Waals surface area (Å²) >= 11 is 5.88. The van der Waals surface area contributed by atoms with Crippen LogP contribution in [0.1, 0.15) is 43.8 Å². The van der Waals surface area contributed by atoms with Crippen LogP contribution in [0.25, 0.3) is 0 Å². The predicted octanol–water partition coefficient (Wildman–Crippen LogP) is 4.15. The highest BCUT2D eigenvalue weighted by Crippen LogP contribution is 2.38. The Balaban J connectivity index is 1.76. The van der Waals surface area contributed by atoms with E-state index in [4.69, 9.17) is 11.6 Å². The van der Waals surface area contributed by atoms with Crippen LogP contribution in [0.5, 0.6) is 0 Å². The highest BCUT2D eigenvalue weighted by Gasteiger charge is 2.27. The topological polar surface area (TPSA) is 37.8 Å². The molecule has 0 atom stereocenters. The minimum Gasteiger partial charge on any atom is -0.370 e. The Hall–Kier alpha value is -1.04. The monoisotopic (exact) mass is 293 g/mol. The number of anilines is 1. The molecule has 1 aliphatic carbocycles. The molecule has 7 heteroatoms. The molecule has 0 aromatic carbocycles. The van der Waals surface area contributed by atoms with Gasteiger partial charge in [0.1, 0.15) is 16.8 Å². The normalized spacial score (nSPS) is 15.6. The Morgan fingerprint density at radius 2 is 2.00 bits per heavy atom. The molecule has 1 aromatic rings. The van der Waals surface area contributed by atoms with Gasteiger partial charge in [-0.2, -0.15) is 13.2 Å². The number of nitrogens with one attached hydrogen (secondary N) is 1. The van der Waals surface area contributed by atoms with Crippen LogP contribution in [0.4, 0.5) is 19.0 Å². The van der Waals surface area contributed by atoms with E-state index in [1.54, 1.807) is 6.07 Å². The first-order chi connectivity index (χ1) is 8.94. The number of hydrogen-bond donors (Lipinski definition) is 1. The van der Waals surface area contributed by atoms with E-state index >= 15 is 0 Å². The maximum absolute atomic E-state index is 11.9. The third kappa shape index (κ3) is 5.22. The van der Waals surface area contributed by atoms with Crippen LogP contribution >= 0.6 is 11.6 Å². The lowest BCUT2D eigenvalue weighted by Gasteiger charge is -2.08. The van der Waals surface area contributed by atoms with Gasteiger partial charge in [0.25, 0.3) is 0 Å². The number of halogens is 4. The number of alkyl halides is 3. The SMILES string of the molecule is FC(F)(F)CCCCNc1cc(Cl)nc(C2CC2)n1. The van der Waals surface area contributed by atoms with Crippen LogP contribution in [0.15, 0.2) is 6.07 Å². The number of aromatic nitrogens is 2. The highest BCUT2D eigenvalue weighted by molar-refractivity contribution is 6.29. The van der Waals surface area contributed by atoms with Crippen molar-refractivity contribution in [1.82, 2.24) is 9.97 Å². The van der Waals surface area contributed by atoms with E-state index in [9.17, 15) is 13.2 Å². The molecular formula is C12H15ClF3N3. The molecule has 1 aromatic heterocycles. The molecule has 3 nitrogen and oxygen atoms in total. The number of nitrogens with zero attached hydrogens (tertiary/aromatic N) is 2. The molecule has 106 valence electrons. The van der Waals surface area contributed by atoms with Gasteiger partial charge in [-0.1, -0.05) is 11.6 Å². The van der Waals surface area contributed by atoms with Crippen molar-refractivity contribution in [3.8, 4) is 0 Å². The average Bonchev–Trinajstić information content (AvgIpc) is 3.10. The van der Waals surface area contributed by atoms with Crippen molar-refractivity contribution in [3.05, 3.63) is 17.0 Å². The van der Waals surface area contributed by atoms with E-state index in [-0.39, 0.29) is 6.42 Å². The molecule has 1 N–H and O–H groups in total. The van der Waals surface area contributed by atoms with Gasteiger partial charge in [-0.25, -0.2) is 9.97 Å². The molecule has 1 aliphatic rings. The molecule has 1 heterocycles. The summed E-state index contributed by atoms with van der Waals surface area (Å²) in [5, 5.41) is 3.36. The molecule has 0 saturated heterocycles. The molecule has 0 amide bonds. The Bertz CT molecular complexity index is 433. The molecule has 19 heavy (non-hydrogen) atoms. The molecule has 0 aliphatic heterocycles. The number of hydrogen-bond acceptors (Lipinski definition) is 3. The van der Waals surface area contributed by atoms with Gasteiger partial charge in [0, 0.05) is 24.9 Å². The summed E-state index contributed by atoms with van der Waals surface area (Å²) in [6, 6.07) is 1.59. The zero-order chi connectivity index (χ0) is 13.9. The van der Waals surface area contributed by atoms with Crippen molar-refractivity contribution in [3.63, 3.8) is 0 Å². The van der Waals surface area contributed by atoms with Crippen LogP contribution in [0, 0.1) is 0 Å². The first-order valence-corrected chi connectivity index (χ1v) is 6.67. The summed E-state index contributed by atoms with van der Waals surface area (Å²) in [6.07, 6.45) is -2.11. The average molecular weight is 294 g/mol. The second-order valence-corrected chi connectivity index (χ2v) is 5.09. The Kier molecular flexibility index (Phi) is 4.50. The fourth-order valence-electron chi connectivity index (χ4n) is 1.72. The lowest BCUT2D eigenvalue weighted by Crippen LogP contribution is -2.09. The van der Waals surface area contributed by atoms with Crippen LogP contribution in [0.2, 0.25) is 5.15 Å². The molecule has 0 radical (unpaired) electrons. The largest absolute Gasteiger partial charge is 0.389 e. The third-order valence-corrected chi connectivity index (χ3v) is 3.04. The highest BCUT2D eigenvalue weighted by atomic mass is 35.5. The standard InChI is InChI=1S/C12H15ClF3N3/c13-9-7-10(19-11(18-9)8-3-4-8)17-6-2-1-5-12(14,15)16/h7-8H,1-6H2,(H,17,18,19). The summed E-state index contributed by atoms with van der Waals surface area (Å²) in [6.45, 7) is 0.452. The predicted molar refractivity (Wildman–Crippen MR) is 67.4 cm³/mol. The van der Waals surface area contributed by atoms with E-state index in [1.807, 2.05) is 0 Å². The second kappa shape index (κ2) is 5.94. The van der Waals surface area contributed by atoms with E-state index in [0.717, 1.165) is 18.7 Å². The van der Waals surface area contributed by atoms with Crippen molar-refractivity contribution in [2.24, 2.45) is 0 Å². The third-order valence-electron chi connectivity index (χ3n) is 2.85. The lowest BCUT2D eigenvalue weighted by atomic mass is 10.2. The van der Waals surface area contributed by atoms with Crippen molar-refractivity contribution in [1.29, 1.82) is 0 Å². The van der Waals surface area contributed by atoms with Gasteiger partial charge in [0.15, 0.2) is 0 Å². The number of unbranched alkanes of at least 4 members (excludes halogenated alkanes) is 1. The van der Waals surface area contributed by atoms with Gasteiger partial charge in [0.2, 0.25) is 0 Å². The molecule has 1 fully saturated rings. The Morgan fingerprint density at radius 1 is 1.26 bits per heavy atom. The lowest BCUT2D eigenvalue weighted by molar-refractivity contribution is -0.135. The van der Waals surface area contributed by atoms with Gasteiger partial charge >= 0.3 is 6.18 Å². The van der Waals surface area contributed by atoms with Crippen LogP contribution in [-0.2, 0) is 0 Å². The van der Waals surface area contributed by atoms with E-state index in [0.29, 0.717) is 29.9 Å². The minimum absolute atomic E-state index is 0.116. The summed E-state index contributed by atoms with van der Waals surface area (Å²) < 4.78 is 35.8. The van der Waals surface area contributed by atoms with Crippen LogP contribution < -0.4 is 5.32 Å². The molecule has 0 unspecified atom stereocenters. The summed E-state index contributed by atoms with van der Waals surface area (Å²) in [4.78, 5) is 8.45. The van der Waals surface area contributed by atoms with Crippen molar-refractivity contribution in [2.75, 3.05) is 11.9 Å². The molecule has 1 saturated carbocycles. The van der Waals surface area contributed by atoms with Gasteiger partial charge in [-0.3, -0.25) is 0 Å². The zero-order valence-electron chi connectivity index (χ0n) is 10.3. The van der Waals surface area contributed by atoms with Crippen molar-refractivity contribution < 1.29 is 13.2 Å². The van der Waals surface area contributed by atoms with Gasteiger partial charge in [-0.15, -0.1) is 0 Å². The molecular weight excluding hydrogens is 279 g/mol. The summed E-state index contributed by atoms with van der Waals surface area (Å²) in [5.41, 5.74) is 0. The summed E-state index contributed by atoms with van der Waals surface area (Å²) in [5.74, 6) is 1.71. The second-order valence-electron chi connectivity index (χ2n) is 4.71. The first kappa shape index (κ1) is 14.4. The Morgan fingerprint density at radius 3 is 2.63 bits per heavy atom.